The number of alkyl carbamates (subject to hydrolysis) is 1. The van der Waals surface area contributed by atoms with Crippen molar-refractivity contribution < 1.29 is 9.53 Å². The highest BCUT2D eigenvalue weighted by Crippen LogP contribution is 2.30. The third-order valence-electron chi connectivity index (χ3n) is 3.93. The van der Waals surface area contributed by atoms with Gasteiger partial charge in [0.05, 0.1) is 0 Å². The van der Waals surface area contributed by atoms with E-state index in [2.05, 4.69) is 10.3 Å². The minimum Gasteiger partial charge on any atom is -0.444 e. The molecule has 0 fully saturated rings. The first kappa shape index (κ1) is 14.8. The molecule has 118 valence electrons. The van der Waals surface area contributed by atoms with Gasteiger partial charge in [-0.3, -0.25) is 0 Å². The van der Waals surface area contributed by atoms with Crippen LogP contribution in [-0.2, 0) is 17.6 Å². The Morgan fingerprint density at radius 1 is 1.41 bits per heavy atom. The van der Waals surface area contributed by atoms with Crippen LogP contribution < -0.4 is 11.1 Å². The number of hydrogen-bond acceptors (Lipinski definition) is 3. The Balaban J connectivity index is 1.77. The van der Waals surface area contributed by atoms with E-state index >= 15 is 0 Å². The SMILES string of the molecule is CC(C)(C)OC(=O)NC1CCc2[nH]c3ccc(N)cc3c2C1. The molecule has 1 heterocycles. The van der Waals surface area contributed by atoms with Crippen LogP contribution in [0.25, 0.3) is 10.9 Å². The highest BCUT2D eigenvalue weighted by atomic mass is 16.6. The maximum Gasteiger partial charge on any atom is 0.407 e. The van der Waals surface area contributed by atoms with E-state index in [1.807, 2.05) is 39.0 Å². The van der Waals surface area contributed by atoms with Gasteiger partial charge in [-0.1, -0.05) is 0 Å². The molecule has 0 aliphatic heterocycles. The first-order chi connectivity index (χ1) is 10.3. The summed E-state index contributed by atoms with van der Waals surface area (Å²) in [5.41, 5.74) is 9.80. The molecule has 0 saturated heterocycles. The van der Waals surface area contributed by atoms with Crippen LogP contribution in [0, 0.1) is 0 Å². The van der Waals surface area contributed by atoms with Crippen molar-refractivity contribution in [1.82, 2.24) is 10.3 Å². The Hall–Kier alpha value is -2.17. The lowest BCUT2D eigenvalue weighted by atomic mass is 9.91. The Kier molecular flexibility index (Phi) is 3.51. The van der Waals surface area contributed by atoms with E-state index in [4.69, 9.17) is 10.5 Å². The normalized spacial score (nSPS) is 18.0. The molecule has 22 heavy (non-hydrogen) atoms. The predicted octanol–water partition coefficient (Wildman–Crippen LogP) is 3.13. The van der Waals surface area contributed by atoms with Gasteiger partial charge in [0, 0.05) is 28.3 Å². The van der Waals surface area contributed by atoms with Gasteiger partial charge < -0.3 is 20.8 Å². The van der Waals surface area contributed by atoms with Crippen LogP contribution in [0.2, 0.25) is 0 Å². The number of hydrogen-bond donors (Lipinski definition) is 3. The van der Waals surface area contributed by atoms with E-state index in [9.17, 15) is 4.79 Å². The molecule has 1 atom stereocenters. The van der Waals surface area contributed by atoms with Crippen LogP contribution in [0.15, 0.2) is 18.2 Å². The summed E-state index contributed by atoms with van der Waals surface area (Å²) in [7, 11) is 0. The number of rotatable bonds is 1. The Morgan fingerprint density at radius 2 is 2.18 bits per heavy atom. The number of anilines is 1. The maximum absolute atomic E-state index is 11.9. The van der Waals surface area contributed by atoms with E-state index in [0.29, 0.717) is 0 Å². The highest BCUT2D eigenvalue weighted by molar-refractivity contribution is 5.87. The van der Waals surface area contributed by atoms with Crippen molar-refractivity contribution in [3.8, 4) is 0 Å². The number of H-pyrrole nitrogens is 1. The van der Waals surface area contributed by atoms with Gasteiger partial charge in [-0.05, 0) is 63.8 Å². The number of carbonyl (C=O) groups excluding carboxylic acids is 1. The lowest BCUT2D eigenvalue weighted by Crippen LogP contribution is -2.41. The molecule has 1 unspecified atom stereocenters. The molecule has 2 aromatic rings. The second kappa shape index (κ2) is 5.23. The number of nitrogens with two attached hydrogens (primary N) is 1. The zero-order valence-corrected chi connectivity index (χ0v) is 13.3. The van der Waals surface area contributed by atoms with Crippen LogP contribution in [0.4, 0.5) is 10.5 Å². The number of aromatic amines is 1. The third-order valence-corrected chi connectivity index (χ3v) is 3.93. The standard InChI is InChI=1S/C17H23N3O2/c1-17(2,3)22-16(21)19-11-5-7-15-13(9-11)12-8-10(18)4-6-14(12)20-15/h4,6,8,11,20H,5,7,9,18H2,1-3H3,(H,19,21). The van der Waals surface area contributed by atoms with Crippen LogP contribution in [-0.4, -0.2) is 22.7 Å². The number of amides is 1. The summed E-state index contributed by atoms with van der Waals surface area (Å²) in [5, 5.41) is 4.14. The van der Waals surface area contributed by atoms with Crippen LogP contribution >= 0.6 is 0 Å². The first-order valence-electron chi connectivity index (χ1n) is 7.70. The summed E-state index contributed by atoms with van der Waals surface area (Å²) in [6.07, 6.45) is 2.29. The molecule has 4 N–H and O–H groups in total. The van der Waals surface area contributed by atoms with E-state index in [1.165, 1.54) is 11.3 Å². The maximum atomic E-state index is 11.9. The second-order valence-corrected chi connectivity index (χ2v) is 6.97. The molecule has 1 aliphatic carbocycles. The third kappa shape index (κ3) is 3.03. The number of nitrogens with one attached hydrogen (secondary N) is 2. The smallest absolute Gasteiger partial charge is 0.407 e. The molecule has 5 nitrogen and oxygen atoms in total. The fraction of sp³-hybridized carbons (Fsp3) is 0.471. The van der Waals surface area contributed by atoms with Crippen LogP contribution in [0.3, 0.4) is 0 Å². The van der Waals surface area contributed by atoms with Crippen LogP contribution in [0.1, 0.15) is 38.4 Å². The van der Waals surface area contributed by atoms with E-state index in [-0.39, 0.29) is 12.1 Å². The molecule has 1 aliphatic rings. The van der Waals surface area contributed by atoms with Gasteiger partial charge in [0.2, 0.25) is 0 Å². The number of aromatic nitrogens is 1. The number of fused-ring (bicyclic) bond motifs is 3. The van der Waals surface area contributed by atoms with Crippen molar-refractivity contribution in [3.05, 3.63) is 29.5 Å². The first-order valence-corrected chi connectivity index (χ1v) is 7.70. The van der Waals surface area contributed by atoms with Crippen molar-refractivity contribution in [3.63, 3.8) is 0 Å². The predicted molar refractivity (Wildman–Crippen MR) is 87.9 cm³/mol. The number of ether oxygens (including phenoxy) is 1. The van der Waals surface area contributed by atoms with Crippen molar-refractivity contribution in [2.45, 2.75) is 51.7 Å². The fourth-order valence-electron chi connectivity index (χ4n) is 3.03. The summed E-state index contributed by atoms with van der Waals surface area (Å²) in [6.45, 7) is 5.61. The summed E-state index contributed by atoms with van der Waals surface area (Å²) >= 11 is 0. The zero-order valence-electron chi connectivity index (χ0n) is 13.3. The Morgan fingerprint density at radius 3 is 2.91 bits per heavy atom. The molecule has 3 rings (SSSR count). The quantitative estimate of drug-likeness (QED) is 0.708. The zero-order chi connectivity index (χ0) is 15.9. The van der Waals surface area contributed by atoms with Gasteiger partial charge in [-0.15, -0.1) is 0 Å². The van der Waals surface area contributed by atoms with Crippen LogP contribution in [0.5, 0.6) is 0 Å². The van der Waals surface area contributed by atoms with Crippen molar-refractivity contribution in [1.29, 1.82) is 0 Å². The van der Waals surface area contributed by atoms with Gasteiger partial charge in [-0.25, -0.2) is 4.79 Å². The molecule has 1 aromatic heterocycles. The molecule has 0 radical (unpaired) electrons. The fourth-order valence-corrected chi connectivity index (χ4v) is 3.03. The van der Waals surface area contributed by atoms with E-state index < -0.39 is 5.60 Å². The lowest BCUT2D eigenvalue weighted by molar-refractivity contribution is 0.0500. The number of benzene rings is 1. The van der Waals surface area contributed by atoms with Crippen molar-refractivity contribution in [2.24, 2.45) is 0 Å². The molecule has 0 bridgehead atoms. The summed E-state index contributed by atoms with van der Waals surface area (Å²) in [5.74, 6) is 0. The molecular weight excluding hydrogens is 278 g/mol. The monoisotopic (exact) mass is 301 g/mol. The summed E-state index contributed by atoms with van der Waals surface area (Å²) in [6, 6.07) is 6.02. The van der Waals surface area contributed by atoms with Gasteiger partial charge in [-0.2, -0.15) is 0 Å². The molecular formula is C17H23N3O2. The summed E-state index contributed by atoms with van der Waals surface area (Å²) < 4.78 is 5.34. The average molecular weight is 301 g/mol. The van der Waals surface area contributed by atoms with Gasteiger partial charge in [0.25, 0.3) is 0 Å². The molecule has 0 saturated carbocycles. The van der Waals surface area contributed by atoms with Gasteiger partial charge in [0.1, 0.15) is 5.60 Å². The highest BCUT2D eigenvalue weighted by Gasteiger charge is 2.25. The Labute approximate surface area is 130 Å². The number of nitrogen functional groups attached to an aromatic ring is 1. The lowest BCUT2D eigenvalue weighted by Gasteiger charge is -2.26. The minimum atomic E-state index is -0.473. The minimum absolute atomic E-state index is 0.0998. The number of aryl methyl sites for hydroxylation is 1. The second-order valence-electron chi connectivity index (χ2n) is 6.97. The molecule has 1 aromatic carbocycles. The van der Waals surface area contributed by atoms with Crippen molar-refractivity contribution in [2.75, 3.05) is 5.73 Å². The Bertz CT molecular complexity index is 712. The molecule has 5 heteroatoms. The van der Waals surface area contributed by atoms with Gasteiger partial charge >= 0.3 is 6.09 Å². The largest absolute Gasteiger partial charge is 0.444 e. The van der Waals surface area contributed by atoms with E-state index in [0.717, 1.165) is 35.9 Å². The topological polar surface area (TPSA) is 80.1 Å². The van der Waals surface area contributed by atoms with Crippen molar-refractivity contribution >= 4 is 22.7 Å². The summed E-state index contributed by atoms with van der Waals surface area (Å²) in [4.78, 5) is 15.4. The van der Waals surface area contributed by atoms with E-state index in [1.54, 1.807) is 0 Å². The van der Waals surface area contributed by atoms with Gasteiger partial charge in [0.15, 0.2) is 0 Å². The number of carbonyl (C=O) groups is 1. The molecule has 0 spiro atoms. The molecule has 1 amide bonds. The average Bonchev–Trinajstić information content (AvgIpc) is 2.74.